The fourth-order valence-corrected chi connectivity index (χ4v) is 5.73. The van der Waals surface area contributed by atoms with Crippen LogP contribution in [0, 0.1) is 23.7 Å². The largest absolute Gasteiger partial charge is 0.481 e. The summed E-state index contributed by atoms with van der Waals surface area (Å²) in [5.41, 5.74) is 9.58. The van der Waals surface area contributed by atoms with Crippen molar-refractivity contribution in [2.75, 3.05) is 76.2 Å². The van der Waals surface area contributed by atoms with E-state index in [1.165, 1.54) is 13.8 Å². The third-order valence-corrected chi connectivity index (χ3v) is 10.4. The fraction of sp³-hybridized carbons (Fsp3) is 0.804. The molecule has 93 heavy (non-hydrogen) atoms. The lowest BCUT2D eigenvalue weighted by Gasteiger charge is -2.24. The molecule has 0 saturated carbocycles. The van der Waals surface area contributed by atoms with Gasteiger partial charge in [-0.25, -0.2) is 0 Å². The van der Waals surface area contributed by atoms with E-state index in [-0.39, 0.29) is 45.3 Å². The Morgan fingerprint density at radius 3 is 0.968 bits per heavy atom. The number of hydrogen-bond acceptors (Lipinski definition) is 24. The van der Waals surface area contributed by atoms with Gasteiger partial charge in [0.25, 0.3) is 0 Å². The van der Waals surface area contributed by atoms with Crippen LogP contribution in [0.15, 0.2) is 0 Å². The first-order valence-electron chi connectivity index (χ1n) is 26.2. The van der Waals surface area contributed by atoms with Gasteiger partial charge in [0.2, 0.25) is 0 Å². The van der Waals surface area contributed by atoms with Gasteiger partial charge in [0.1, 0.15) is 30.9 Å². The van der Waals surface area contributed by atoms with E-state index in [1.54, 1.807) is 20.8 Å². The third-order valence-electron chi connectivity index (χ3n) is 10.4. The molecular formula is C51H80F16N2O24. The molecule has 42 heteroatoms. The molecule has 8 atom stereocenters. The molecule has 0 aromatic heterocycles. The highest BCUT2D eigenvalue weighted by atomic mass is 19.4. The molecule has 0 aromatic rings. The van der Waals surface area contributed by atoms with Gasteiger partial charge in [0.15, 0.2) is 0 Å². The molecule has 26 nitrogen and oxygen atoms in total. The average Bonchev–Trinajstić information content (AvgIpc) is 1.14. The standard InChI is InChI=1S/C12H20F2O5.C9H13F3O5.C9H14F2O5.C8H11F3O4.C7H12F3NO3.C6H10F3NO2/c1-7(18-11(13)14)8(10(16)17-5)6-9(15)19-12(2,3)4;1-16-7(13)4-6(8(14)15)2-3-17-5-9(10,11)12;1-5(16-9(10)11)6(8(13)15-3)4-7(12)14-2;1-15-6(12)4-5(7(13)14)2-3-8(9,10)11;1-13-6(12)5(11)2-3-14-4-7(8,9)10;1-12-5(11)4(10)2-3-6(7,8)9/h7-8,11H,6H2,1-5H3;6H,2-5H2,1H3,(H,14,15);5-6,9H,4H2,1-3H3;5H,2-4H2,1H3,(H,13,14);5H,2-4,11H2,1H3;4H,2-3,10H2,1H3/t7-,8+;6-;5-,6+;2*5-;4-/m111100/s1. The van der Waals surface area contributed by atoms with Crippen molar-refractivity contribution >= 4 is 59.7 Å². The smallest absolute Gasteiger partial charge is 0.411 e. The van der Waals surface area contributed by atoms with Gasteiger partial charge in [-0.2, -0.15) is 70.2 Å². The lowest BCUT2D eigenvalue weighted by Crippen LogP contribution is -2.35. The lowest BCUT2D eigenvalue weighted by molar-refractivity contribution is -0.188. The summed E-state index contributed by atoms with van der Waals surface area (Å²) in [6, 6.07) is -2.12. The molecule has 0 spiro atoms. The second-order valence-corrected chi connectivity index (χ2v) is 19.1. The van der Waals surface area contributed by atoms with Gasteiger partial charge >= 0.3 is 97.6 Å². The van der Waals surface area contributed by atoms with Gasteiger partial charge in [-0.05, 0) is 60.3 Å². The number of carbonyl (C=O) groups excluding carboxylic acids is 8. The normalized spacial score (nSPS) is 14.0. The van der Waals surface area contributed by atoms with Crippen molar-refractivity contribution < 1.29 is 185 Å². The Morgan fingerprint density at radius 1 is 0.398 bits per heavy atom. The van der Waals surface area contributed by atoms with Crippen molar-refractivity contribution in [2.24, 2.45) is 35.1 Å². The van der Waals surface area contributed by atoms with Crippen LogP contribution < -0.4 is 11.5 Å². The van der Waals surface area contributed by atoms with Crippen LogP contribution in [0.2, 0.25) is 0 Å². The van der Waals surface area contributed by atoms with E-state index in [0.717, 1.165) is 49.8 Å². The summed E-state index contributed by atoms with van der Waals surface area (Å²) < 4.78 is 240. The zero-order chi connectivity index (χ0) is 74.4. The highest BCUT2D eigenvalue weighted by molar-refractivity contribution is 5.82. The predicted octanol–water partition coefficient (Wildman–Crippen LogP) is 7.20. The number of nitrogens with two attached hydrogens (primary N) is 2. The van der Waals surface area contributed by atoms with Crippen LogP contribution in [0.25, 0.3) is 0 Å². The number of carboxylic acid groups (broad SMARTS) is 2. The number of methoxy groups -OCH3 is 7. The quantitative estimate of drug-likeness (QED) is 0.0224. The van der Waals surface area contributed by atoms with Crippen LogP contribution in [0.5, 0.6) is 0 Å². The Kier molecular flexibility index (Phi) is 53.2. The minimum atomic E-state index is -4.44. The Morgan fingerprint density at radius 2 is 0.688 bits per heavy atom. The van der Waals surface area contributed by atoms with Crippen molar-refractivity contribution in [3.63, 3.8) is 0 Å². The topological polar surface area (TPSA) is 374 Å². The summed E-state index contributed by atoms with van der Waals surface area (Å²) in [7, 11) is 7.72. The van der Waals surface area contributed by atoms with Gasteiger partial charge in [-0.3, -0.25) is 47.9 Å². The molecule has 0 amide bonds. The zero-order valence-corrected chi connectivity index (χ0v) is 52.3. The summed E-state index contributed by atoms with van der Waals surface area (Å²) >= 11 is 0. The van der Waals surface area contributed by atoms with Crippen molar-refractivity contribution in [1.29, 1.82) is 0 Å². The lowest BCUT2D eigenvalue weighted by atomic mass is 9.99. The predicted molar refractivity (Wildman–Crippen MR) is 280 cm³/mol. The van der Waals surface area contributed by atoms with E-state index >= 15 is 0 Å². The van der Waals surface area contributed by atoms with E-state index < -0.39 is 197 Å². The van der Waals surface area contributed by atoms with Gasteiger partial charge in [-0.1, -0.05) is 0 Å². The molecule has 0 aliphatic carbocycles. The number of carboxylic acids is 2. The minimum Gasteiger partial charge on any atom is -0.481 e. The Labute approximate surface area is 522 Å². The zero-order valence-electron chi connectivity index (χ0n) is 52.3. The highest BCUT2D eigenvalue weighted by Crippen LogP contribution is 2.27. The molecule has 0 bridgehead atoms. The first-order chi connectivity index (χ1) is 42.2. The van der Waals surface area contributed by atoms with Crippen molar-refractivity contribution in [2.45, 2.75) is 167 Å². The van der Waals surface area contributed by atoms with Crippen LogP contribution in [0.3, 0.4) is 0 Å². The molecule has 6 N–H and O–H groups in total. The molecule has 0 saturated heterocycles. The minimum absolute atomic E-state index is 0.00273. The molecule has 0 aromatic carbocycles. The van der Waals surface area contributed by atoms with E-state index in [9.17, 15) is 118 Å². The summed E-state index contributed by atoms with van der Waals surface area (Å²) in [5.74, 6) is -13.4. The van der Waals surface area contributed by atoms with Crippen LogP contribution in [0.1, 0.15) is 98.8 Å². The monoisotopic (exact) mass is 1410 g/mol. The maximum Gasteiger partial charge on any atom is 0.411 e. The maximum atomic E-state index is 12.1. The van der Waals surface area contributed by atoms with E-state index in [1.807, 2.05) is 0 Å². The first-order valence-corrected chi connectivity index (χ1v) is 26.2. The Balaban J connectivity index is -0.000000245. The second-order valence-electron chi connectivity index (χ2n) is 19.1. The van der Waals surface area contributed by atoms with E-state index in [2.05, 4.69) is 52.1 Å². The second kappa shape index (κ2) is 50.8. The number of aliphatic carboxylic acids is 2. The Bertz CT molecular complexity index is 2150. The van der Waals surface area contributed by atoms with Gasteiger partial charge < -0.3 is 78.5 Å². The van der Waals surface area contributed by atoms with Crippen molar-refractivity contribution in [3.8, 4) is 0 Å². The third kappa shape index (κ3) is 63.9. The van der Waals surface area contributed by atoms with Crippen molar-refractivity contribution in [3.05, 3.63) is 0 Å². The highest BCUT2D eigenvalue weighted by Gasteiger charge is 2.36. The molecule has 0 unspecified atom stereocenters. The van der Waals surface area contributed by atoms with E-state index in [4.69, 9.17) is 26.4 Å². The van der Waals surface area contributed by atoms with Crippen LogP contribution in [-0.4, -0.2) is 214 Å². The number of hydrogen-bond donors (Lipinski definition) is 4. The number of alkyl halides is 16. The molecule has 0 fully saturated rings. The molecule has 0 radical (unpaired) electrons. The Hall–Kier alpha value is -6.66. The fourth-order valence-electron chi connectivity index (χ4n) is 5.73. The summed E-state index contributed by atoms with van der Waals surface area (Å²) in [6.45, 7) is -1.89. The van der Waals surface area contributed by atoms with Gasteiger partial charge in [0.05, 0.1) is 111 Å². The summed E-state index contributed by atoms with van der Waals surface area (Å²) in [4.78, 5) is 109. The van der Waals surface area contributed by atoms with Gasteiger partial charge in [-0.15, -0.1) is 0 Å². The van der Waals surface area contributed by atoms with E-state index in [0.29, 0.717) is 0 Å². The average molecular weight is 1410 g/mol. The molecular weight excluding hydrogens is 1330 g/mol. The SMILES string of the molecule is COC(=O)C[C@@H](CCC(F)(F)F)C(=O)O.COC(=O)C[C@@H](CCOCC(F)(F)F)C(=O)O.COC(=O)C[C@H](C(=O)OC)[C@@H](C)OC(F)F.COC(=O)[C@@H](CC(=O)OC(C)(C)C)[C@@H](C)OC(F)F.COC(=O)[C@@H](N)CCC(F)(F)F.COC(=O)[C@@H](N)CCOCC(F)(F)F. The number of rotatable bonds is 32. The van der Waals surface area contributed by atoms with Crippen molar-refractivity contribution in [1.82, 2.24) is 0 Å². The number of carbonyl (C=O) groups is 10. The number of ether oxygens (including phenoxy) is 12. The first kappa shape index (κ1) is 97.4. The summed E-state index contributed by atoms with van der Waals surface area (Å²) in [6.07, 6.45) is -25.0. The van der Waals surface area contributed by atoms with Gasteiger partial charge in [0, 0.05) is 26.1 Å². The van der Waals surface area contributed by atoms with Crippen LogP contribution in [0.4, 0.5) is 70.2 Å². The molecule has 550 valence electrons. The summed E-state index contributed by atoms with van der Waals surface area (Å²) in [5, 5.41) is 17.2. The maximum absolute atomic E-state index is 12.1. The number of esters is 8. The van der Waals surface area contributed by atoms with Crippen LogP contribution >= 0.6 is 0 Å². The van der Waals surface area contributed by atoms with Crippen LogP contribution in [-0.2, 0) is 105 Å². The molecule has 0 aliphatic rings. The number of halogens is 16. The molecule has 0 rings (SSSR count). The molecule has 0 heterocycles. The molecule has 0 aliphatic heterocycles.